The van der Waals surface area contributed by atoms with Gasteiger partial charge in [-0.2, -0.15) is 0 Å². The Kier molecular flexibility index (Phi) is 4.68. The highest BCUT2D eigenvalue weighted by Crippen LogP contribution is 2.25. The van der Waals surface area contributed by atoms with Gasteiger partial charge in [0.2, 0.25) is 0 Å². The first-order valence-corrected chi connectivity index (χ1v) is 6.79. The number of nitrogens with one attached hydrogen (secondary N) is 1. The van der Waals surface area contributed by atoms with E-state index in [0.717, 1.165) is 16.7 Å². The molecule has 0 saturated heterocycles. The van der Waals surface area contributed by atoms with Gasteiger partial charge >= 0.3 is 0 Å². The normalized spacial score (nSPS) is 12.5. The van der Waals surface area contributed by atoms with Gasteiger partial charge in [-0.25, -0.2) is 13.2 Å². The van der Waals surface area contributed by atoms with Gasteiger partial charge in [-0.05, 0) is 32.9 Å². The molecular formula is C17H18F3N. The average Bonchev–Trinajstić information content (AvgIpc) is 2.35. The third-order valence-corrected chi connectivity index (χ3v) is 3.46. The predicted molar refractivity (Wildman–Crippen MR) is 77.7 cm³/mol. The second-order valence-electron chi connectivity index (χ2n) is 5.32. The summed E-state index contributed by atoms with van der Waals surface area (Å²) in [4.78, 5) is 0. The summed E-state index contributed by atoms with van der Waals surface area (Å²) >= 11 is 0. The van der Waals surface area contributed by atoms with E-state index in [1.807, 2.05) is 32.0 Å². The number of halogens is 3. The van der Waals surface area contributed by atoms with Crippen molar-refractivity contribution in [2.75, 3.05) is 7.05 Å². The molecule has 0 spiro atoms. The highest BCUT2D eigenvalue weighted by molar-refractivity contribution is 5.32. The highest BCUT2D eigenvalue weighted by atomic mass is 19.1. The Bertz CT molecular complexity index is 609. The van der Waals surface area contributed by atoms with Crippen LogP contribution in [0.3, 0.4) is 0 Å². The first-order valence-electron chi connectivity index (χ1n) is 6.79. The molecule has 1 nitrogen and oxygen atoms in total. The fourth-order valence-corrected chi connectivity index (χ4v) is 2.66. The topological polar surface area (TPSA) is 12.0 Å². The van der Waals surface area contributed by atoms with Crippen LogP contribution < -0.4 is 5.32 Å². The van der Waals surface area contributed by atoms with Crippen LogP contribution in [-0.4, -0.2) is 7.05 Å². The minimum Gasteiger partial charge on any atom is -0.313 e. The molecule has 0 aliphatic carbocycles. The Balaban J connectivity index is 2.36. The lowest BCUT2D eigenvalue weighted by atomic mass is 9.96. The molecule has 2 aromatic rings. The van der Waals surface area contributed by atoms with Crippen molar-refractivity contribution in [2.24, 2.45) is 0 Å². The summed E-state index contributed by atoms with van der Waals surface area (Å²) in [7, 11) is 1.63. The van der Waals surface area contributed by atoms with E-state index in [2.05, 4.69) is 5.32 Å². The molecule has 0 aliphatic rings. The van der Waals surface area contributed by atoms with Gasteiger partial charge in [0, 0.05) is 23.7 Å². The Labute approximate surface area is 122 Å². The van der Waals surface area contributed by atoms with Gasteiger partial charge in [0.15, 0.2) is 0 Å². The first-order chi connectivity index (χ1) is 9.90. The molecule has 0 radical (unpaired) electrons. The van der Waals surface area contributed by atoms with Crippen molar-refractivity contribution in [2.45, 2.75) is 26.3 Å². The predicted octanol–water partition coefficient (Wildman–Crippen LogP) is 4.22. The molecule has 2 rings (SSSR count). The van der Waals surface area contributed by atoms with Crippen LogP contribution in [-0.2, 0) is 6.42 Å². The van der Waals surface area contributed by atoms with Crippen molar-refractivity contribution >= 4 is 0 Å². The van der Waals surface area contributed by atoms with E-state index in [-0.39, 0.29) is 5.56 Å². The number of likely N-dealkylation sites (N-methyl/N-ethyl adjacent to an activating group) is 1. The van der Waals surface area contributed by atoms with E-state index >= 15 is 0 Å². The van der Waals surface area contributed by atoms with Gasteiger partial charge < -0.3 is 5.32 Å². The molecule has 0 aromatic heterocycles. The molecule has 1 atom stereocenters. The number of benzene rings is 2. The summed E-state index contributed by atoms with van der Waals surface area (Å²) in [6, 6.07) is 6.88. The summed E-state index contributed by atoms with van der Waals surface area (Å²) in [5, 5.41) is 2.90. The standard InChI is InChI=1S/C17H18F3N/c1-10-4-11(2)6-12(5-10)7-16(21-3)17-14(19)8-13(18)9-15(17)20/h4-6,8-9,16,21H,7H2,1-3H3. The molecular weight excluding hydrogens is 275 g/mol. The molecule has 0 aliphatic heterocycles. The Hall–Kier alpha value is -1.81. The fourth-order valence-electron chi connectivity index (χ4n) is 2.66. The van der Waals surface area contributed by atoms with E-state index in [1.165, 1.54) is 0 Å². The number of rotatable bonds is 4. The summed E-state index contributed by atoms with van der Waals surface area (Å²) in [6.45, 7) is 3.95. The molecule has 0 fully saturated rings. The molecule has 112 valence electrons. The van der Waals surface area contributed by atoms with Crippen LogP contribution >= 0.6 is 0 Å². The molecule has 0 heterocycles. The van der Waals surface area contributed by atoms with Crippen LogP contribution in [0.25, 0.3) is 0 Å². The van der Waals surface area contributed by atoms with E-state index in [4.69, 9.17) is 0 Å². The zero-order valence-electron chi connectivity index (χ0n) is 12.3. The smallest absolute Gasteiger partial charge is 0.133 e. The minimum atomic E-state index is -0.907. The van der Waals surface area contributed by atoms with Gasteiger partial charge in [-0.1, -0.05) is 29.3 Å². The quantitative estimate of drug-likeness (QED) is 0.890. The van der Waals surface area contributed by atoms with Crippen molar-refractivity contribution in [3.8, 4) is 0 Å². The van der Waals surface area contributed by atoms with Gasteiger partial charge in [0.05, 0.1) is 0 Å². The van der Waals surface area contributed by atoms with Crippen molar-refractivity contribution in [3.05, 3.63) is 70.0 Å². The van der Waals surface area contributed by atoms with Crippen LogP contribution in [0, 0.1) is 31.3 Å². The molecule has 0 bridgehead atoms. The van der Waals surface area contributed by atoms with Crippen LogP contribution in [0.15, 0.2) is 30.3 Å². The summed E-state index contributed by atoms with van der Waals surface area (Å²) < 4.78 is 40.8. The zero-order chi connectivity index (χ0) is 15.6. The maximum Gasteiger partial charge on any atom is 0.133 e. The third kappa shape index (κ3) is 3.64. The lowest BCUT2D eigenvalue weighted by molar-refractivity contribution is 0.475. The molecule has 4 heteroatoms. The van der Waals surface area contributed by atoms with Crippen molar-refractivity contribution in [3.63, 3.8) is 0 Å². The largest absolute Gasteiger partial charge is 0.313 e. The van der Waals surface area contributed by atoms with Crippen LogP contribution in [0.2, 0.25) is 0 Å². The number of hydrogen-bond donors (Lipinski definition) is 1. The minimum absolute atomic E-state index is 0.127. The number of aryl methyl sites for hydroxylation is 2. The van der Waals surface area contributed by atoms with Gasteiger partial charge in [-0.3, -0.25) is 0 Å². The lowest BCUT2D eigenvalue weighted by Crippen LogP contribution is -2.22. The van der Waals surface area contributed by atoms with E-state index in [9.17, 15) is 13.2 Å². The van der Waals surface area contributed by atoms with Gasteiger partial charge in [0.25, 0.3) is 0 Å². The van der Waals surface area contributed by atoms with E-state index < -0.39 is 23.5 Å². The third-order valence-electron chi connectivity index (χ3n) is 3.46. The van der Waals surface area contributed by atoms with Gasteiger partial charge in [0.1, 0.15) is 17.5 Å². The highest BCUT2D eigenvalue weighted by Gasteiger charge is 2.20. The summed E-state index contributed by atoms with van der Waals surface area (Å²) in [5.41, 5.74) is 3.05. The Morgan fingerprint density at radius 3 is 1.90 bits per heavy atom. The second kappa shape index (κ2) is 6.31. The van der Waals surface area contributed by atoms with Crippen molar-refractivity contribution in [1.29, 1.82) is 0 Å². The van der Waals surface area contributed by atoms with Crippen LogP contribution in [0.4, 0.5) is 13.2 Å². The first kappa shape index (κ1) is 15.6. The molecule has 2 aromatic carbocycles. The maximum atomic E-state index is 13.9. The Morgan fingerprint density at radius 2 is 1.43 bits per heavy atom. The fraction of sp³-hybridized carbons (Fsp3) is 0.294. The van der Waals surface area contributed by atoms with E-state index in [0.29, 0.717) is 18.6 Å². The van der Waals surface area contributed by atoms with Gasteiger partial charge in [-0.15, -0.1) is 0 Å². The average molecular weight is 293 g/mol. The molecule has 0 amide bonds. The van der Waals surface area contributed by atoms with Crippen LogP contribution in [0.1, 0.15) is 28.3 Å². The lowest BCUT2D eigenvalue weighted by Gasteiger charge is -2.19. The molecule has 21 heavy (non-hydrogen) atoms. The molecule has 1 unspecified atom stereocenters. The maximum absolute atomic E-state index is 13.9. The van der Waals surface area contributed by atoms with Crippen LogP contribution in [0.5, 0.6) is 0 Å². The Morgan fingerprint density at radius 1 is 0.905 bits per heavy atom. The van der Waals surface area contributed by atoms with E-state index in [1.54, 1.807) is 7.05 Å². The van der Waals surface area contributed by atoms with Crippen molar-refractivity contribution < 1.29 is 13.2 Å². The molecule has 0 saturated carbocycles. The van der Waals surface area contributed by atoms with Crippen molar-refractivity contribution in [1.82, 2.24) is 5.32 Å². The number of hydrogen-bond acceptors (Lipinski definition) is 1. The SMILES string of the molecule is CNC(Cc1cc(C)cc(C)c1)c1c(F)cc(F)cc1F. The molecule has 1 N–H and O–H groups in total. The monoisotopic (exact) mass is 293 g/mol. The second-order valence-corrected chi connectivity index (χ2v) is 5.32. The summed E-state index contributed by atoms with van der Waals surface area (Å²) in [5.74, 6) is -2.64. The zero-order valence-corrected chi connectivity index (χ0v) is 12.3. The summed E-state index contributed by atoms with van der Waals surface area (Å²) in [6.07, 6.45) is 0.429.